The Hall–Kier alpha value is -5.06. The van der Waals surface area contributed by atoms with Crippen molar-refractivity contribution in [1.29, 1.82) is 0 Å². The van der Waals surface area contributed by atoms with Crippen LogP contribution in [-0.4, -0.2) is 22.1 Å². The molecule has 0 unspecified atom stereocenters. The molecule has 0 bridgehead atoms. The number of thiazole rings is 1. The first kappa shape index (κ1) is 28.1. The first-order valence-corrected chi connectivity index (χ1v) is 14.4. The highest BCUT2D eigenvalue weighted by molar-refractivity contribution is 7.07. The summed E-state index contributed by atoms with van der Waals surface area (Å²) in [7, 11) is 0. The van der Waals surface area contributed by atoms with E-state index < -0.39 is 16.9 Å². The molecule has 1 aliphatic heterocycles. The van der Waals surface area contributed by atoms with E-state index in [-0.39, 0.29) is 39.8 Å². The summed E-state index contributed by atoms with van der Waals surface area (Å²) < 4.78 is 13.2. The third-order valence-electron chi connectivity index (χ3n) is 6.81. The fourth-order valence-electron chi connectivity index (χ4n) is 4.96. The lowest BCUT2D eigenvalue weighted by Crippen LogP contribution is -2.39. The summed E-state index contributed by atoms with van der Waals surface area (Å²) in [6.07, 6.45) is 1.56. The van der Waals surface area contributed by atoms with Crippen LogP contribution in [0.4, 0.5) is 5.69 Å². The number of fused-ring (bicyclic) bond motifs is 1. The van der Waals surface area contributed by atoms with Gasteiger partial charge in [-0.05, 0) is 36.8 Å². The molecule has 3 aromatic carbocycles. The van der Waals surface area contributed by atoms with Crippen LogP contribution < -0.4 is 14.9 Å². The van der Waals surface area contributed by atoms with Gasteiger partial charge in [0.1, 0.15) is 11.5 Å². The van der Waals surface area contributed by atoms with Gasteiger partial charge >= 0.3 is 5.97 Å². The molecule has 0 radical (unpaired) electrons. The summed E-state index contributed by atoms with van der Waals surface area (Å²) in [5.41, 5.74) is 1.80. The Balaban J connectivity index is 1.54. The Bertz CT molecular complexity index is 2080. The van der Waals surface area contributed by atoms with E-state index in [4.69, 9.17) is 25.7 Å². The van der Waals surface area contributed by atoms with Crippen LogP contribution in [0.15, 0.2) is 111 Å². The van der Waals surface area contributed by atoms with E-state index in [2.05, 4.69) is 0 Å². The number of nitro groups is 1. The maximum absolute atomic E-state index is 14.0. The number of carbonyl (C=O) groups excluding carboxylic acids is 1. The van der Waals surface area contributed by atoms with Gasteiger partial charge in [-0.1, -0.05) is 83.6 Å². The minimum atomic E-state index is -0.794. The Morgan fingerprint density at radius 2 is 1.81 bits per heavy atom. The van der Waals surface area contributed by atoms with Crippen molar-refractivity contribution < 1.29 is 18.9 Å². The van der Waals surface area contributed by atoms with Gasteiger partial charge in [0.2, 0.25) is 0 Å². The predicted molar refractivity (Wildman–Crippen MR) is 163 cm³/mol. The van der Waals surface area contributed by atoms with Gasteiger partial charge in [0.15, 0.2) is 4.80 Å². The molecule has 9 nitrogen and oxygen atoms in total. The zero-order valence-electron chi connectivity index (χ0n) is 22.6. The SMILES string of the molecule is CCOC(=O)C1=C(c2ccccc2)N=c2s/c(=C\c3ccc(-c4ccc(Cl)cc4[N+](=O)[O-])o3)c(=O)n2[C@H]1c1ccccc1. The molecule has 11 heteroatoms. The summed E-state index contributed by atoms with van der Waals surface area (Å²) in [4.78, 5) is 43.8. The third kappa shape index (κ3) is 5.33. The fourth-order valence-corrected chi connectivity index (χ4v) is 6.11. The van der Waals surface area contributed by atoms with E-state index in [0.717, 1.165) is 16.9 Å². The Kier molecular flexibility index (Phi) is 7.62. The molecule has 0 saturated heterocycles. The van der Waals surface area contributed by atoms with Crippen LogP contribution in [0.2, 0.25) is 5.02 Å². The molecule has 0 spiro atoms. The number of furan rings is 1. The molecule has 0 saturated carbocycles. The minimum absolute atomic E-state index is 0.156. The van der Waals surface area contributed by atoms with Crippen molar-refractivity contribution in [1.82, 2.24) is 4.57 Å². The van der Waals surface area contributed by atoms with E-state index in [9.17, 15) is 19.7 Å². The Morgan fingerprint density at radius 1 is 1.09 bits per heavy atom. The standard InChI is InChI=1S/C32H22ClN3O6S/c1-2-41-31(38)27-28(19-9-5-3-6-10-19)34-32-35(29(27)20-11-7-4-8-12-20)30(37)26(43-32)18-22-14-16-25(42-22)23-15-13-21(33)17-24(23)36(39)40/h3-18,29H,2H2,1H3/b26-18-/t29-/m0/s1. The van der Waals surface area contributed by atoms with Gasteiger partial charge < -0.3 is 9.15 Å². The maximum Gasteiger partial charge on any atom is 0.338 e. The van der Waals surface area contributed by atoms with Crippen LogP contribution in [0, 0.1) is 10.1 Å². The number of benzene rings is 3. The monoisotopic (exact) mass is 611 g/mol. The molecule has 43 heavy (non-hydrogen) atoms. The second-order valence-corrected chi connectivity index (χ2v) is 10.9. The van der Waals surface area contributed by atoms with Gasteiger partial charge in [0, 0.05) is 22.7 Å². The average Bonchev–Trinajstić information content (AvgIpc) is 3.61. The molecule has 3 heterocycles. The van der Waals surface area contributed by atoms with E-state index in [1.807, 2.05) is 60.7 Å². The summed E-state index contributed by atoms with van der Waals surface area (Å²) >= 11 is 7.11. The third-order valence-corrected chi connectivity index (χ3v) is 8.03. The van der Waals surface area contributed by atoms with E-state index in [0.29, 0.717) is 26.4 Å². The molecular weight excluding hydrogens is 590 g/mol. The van der Waals surface area contributed by atoms with Crippen molar-refractivity contribution in [2.45, 2.75) is 13.0 Å². The molecule has 2 aromatic heterocycles. The number of hydrogen-bond donors (Lipinski definition) is 0. The predicted octanol–water partition coefficient (Wildman–Crippen LogP) is 5.76. The van der Waals surface area contributed by atoms with E-state index >= 15 is 0 Å². The summed E-state index contributed by atoms with van der Waals surface area (Å²) in [5, 5.41) is 11.8. The highest BCUT2D eigenvalue weighted by Gasteiger charge is 2.35. The van der Waals surface area contributed by atoms with Gasteiger partial charge in [-0.25, -0.2) is 9.79 Å². The topological polar surface area (TPSA) is 117 Å². The number of hydrogen-bond acceptors (Lipinski definition) is 8. The Labute approximate surface area is 253 Å². The first-order valence-electron chi connectivity index (χ1n) is 13.2. The van der Waals surface area contributed by atoms with Crippen LogP contribution in [0.1, 0.15) is 29.9 Å². The van der Waals surface area contributed by atoms with Crippen molar-refractivity contribution >= 4 is 46.4 Å². The molecule has 1 aliphatic rings. The van der Waals surface area contributed by atoms with Gasteiger partial charge in [-0.2, -0.15) is 0 Å². The fraction of sp³-hybridized carbons (Fsp3) is 0.0938. The van der Waals surface area contributed by atoms with Gasteiger partial charge in [-0.15, -0.1) is 0 Å². The lowest BCUT2D eigenvalue weighted by Gasteiger charge is -2.25. The number of aromatic nitrogens is 1. The van der Waals surface area contributed by atoms with Crippen LogP contribution >= 0.6 is 22.9 Å². The number of esters is 1. The number of rotatable bonds is 7. The van der Waals surface area contributed by atoms with Gasteiger partial charge in [0.25, 0.3) is 11.2 Å². The molecule has 6 rings (SSSR count). The minimum Gasteiger partial charge on any atom is -0.463 e. The summed E-state index contributed by atoms with van der Waals surface area (Å²) in [6, 6.07) is 25.3. The number of halogens is 1. The molecule has 0 amide bonds. The lowest BCUT2D eigenvalue weighted by molar-refractivity contribution is -0.384. The molecule has 5 aromatic rings. The largest absolute Gasteiger partial charge is 0.463 e. The normalized spacial score (nSPS) is 14.7. The maximum atomic E-state index is 14.0. The molecular formula is C32H22ClN3O6S. The first-order chi connectivity index (χ1) is 20.9. The molecule has 214 valence electrons. The van der Waals surface area contributed by atoms with Crippen LogP contribution in [-0.2, 0) is 9.53 Å². The smallest absolute Gasteiger partial charge is 0.338 e. The van der Waals surface area contributed by atoms with E-state index in [1.165, 1.54) is 16.7 Å². The average molecular weight is 612 g/mol. The van der Waals surface area contributed by atoms with Gasteiger partial charge in [0.05, 0.1) is 38.9 Å². The van der Waals surface area contributed by atoms with Crippen LogP contribution in [0.5, 0.6) is 0 Å². The molecule has 1 atom stereocenters. The second kappa shape index (κ2) is 11.7. The number of carbonyl (C=O) groups is 1. The summed E-state index contributed by atoms with van der Waals surface area (Å²) in [6.45, 7) is 1.88. The quantitative estimate of drug-likeness (QED) is 0.131. The van der Waals surface area contributed by atoms with E-state index in [1.54, 1.807) is 31.2 Å². The zero-order valence-corrected chi connectivity index (χ0v) is 24.2. The lowest BCUT2D eigenvalue weighted by atomic mass is 9.93. The molecule has 0 aliphatic carbocycles. The zero-order chi connectivity index (χ0) is 30.1. The Morgan fingerprint density at radius 3 is 2.51 bits per heavy atom. The van der Waals surface area contributed by atoms with Crippen molar-refractivity contribution in [3.05, 3.63) is 148 Å². The van der Waals surface area contributed by atoms with Crippen molar-refractivity contribution in [2.24, 2.45) is 4.99 Å². The molecule has 0 fully saturated rings. The summed E-state index contributed by atoms with van der Waals surface area (Å²) in [5.74, 6) is 0.00245. The number of nitro benzene ring substituents is 1. The number of nitrogens with zero attached hydrogens (tertiary/aromatic N) is 3. The van der Waals surface area contributed by atoms with Crippen LogP contribution in [0.25, 0.3) is 23.1 Å². The number of ether oxygens (including phenoxy) is 1. The molecule has 0 N–H and O–H groups in total. The van der Waals surface area contributed by atoms with Crippen LogP contribution in [0.3, 0.4) is 0 Å². The second-order valence-electron chi connectivity index (χ2n) is 9.46. The van der Waals surface area contributed by atoms with Crippen molar-refractivity contribution in [3.63, 3.8) is 0 Å². The highest BCUT2D eigenvalue weighted by Crippen LogP contribution is 2.36. The van der Waals surface area contributed by atoms with Crippen molar-refractivity contribution in [2.75, 3.05) is 6.61 Å². The highest BCUT2D eigenvalue weighted by atomic mass is 35.5. The van der Waals surface area contributed by atoms with Crippen molar-refractivity contribution in [3.8, 4) is 11.3 Å². The van der Waals surface area contributed by atoms with Gasteiger partial charge in [-0.3, -0.25) is 19.5 Å².